The number of carbonyl (C=O) groups excluding carboxylic acids is 1. The molecule has 1 aromatic heterocycles. The molecule has 1 aromatic carbocycles. The zero-order valence-electron chi connectivity index (χ0n) is 12.8. The first kappa shape index (κ1) is 15.3. The highest BCUT2D eigenvalue weighted by Crippen LogP contribution is 2.12. The van der Waals surface area contributed by atoms with E-state index in [1.165, 1.54) is 5.56 Å². The van der Waals surface area contributed by atoms with Gasteiger partial charge >= 0.3 is 0 Å². The van der Waals surface area contributed by atoms with Crippen molar-refractivity contribution in [3.63, 3.8) is 0 Å². The van der Waals surface area contributed by atoms with Gasteiger partial charge in [0.25, 0.3) is 5.91 Å². The third-order valence-electron chi connectivity index (χ3n) is 3.23. The molecule has 1 heterocycles. The van der Waals surface area contributed by atoms with Crippen LogP contribution in [-0.4, -0.2) is 22.2 Å². The van der Waals surface area contributed by atoms with Gasteiger partial charge in [0.2, 0.25) is 0 Å². The molecule has 0 unspecified atom stereocenters. The van der Waals surface area contributed by atoms with Gasteiger partial charge in [-0.1, -0.05) is 19.1 Å². The maximum absolute atomic E-state index is 12.2. The van der Waals surface area contributed by atoms with E-state index in [1.807, 2.05) is 38.2 Å². The van der Waals surface area contributed by atoms with E-state index in [0.29, 0.717) is 5.56 Å². The molecule has 21 heavy (non-hydrogen) atoms. The number of carbonyl (C=O) groups is 1. The van der Waals surface area contributed by atoms with Crippen LogP contribution in [0, 0.1) is 6.92 Å². The Kier molecular flexibility index (Phi) is 5.11. The summed E-state index contributed by atoms with van der Waals surface area (Å²) in [4.78, 5) is 12.2. The summed E-state index contributed by atoms with van der Waals surface area (Å²) < 4.78 is 1.65. The van der Waals surface area contributed by atoms with Crippen LogP contribution in [0.15, 0.2) is 30.5 Å². The normalized spacial score (nSPS) is 10.6. The van der Waals surface area contributed by atoms with Gasteiger partial charge in [0, 0.05) is 25.5 Å². The minimum Gasteiger partial charge on any atom is -0.322 e. The molecule has 0 saturated carbocycles. The van der Waals surface area contributed by atoms with Crippen LogP contribution in [0.2, 0.25) is 0 Å². The number of benzene rings is 1. The lowest BCUT2D eigenvalue weighted by molar-refractivity contribution is 0.102. The fraction of sp³-hybridized carbons (Fsp3) is 0.375. The molecule has 0 saturated heterocycles. The minimum absolute atomic E-state index is 0.127. The molecule has 2 rings (SSSR count). The van der Waals surface area contributed by atoms with Crippen molar-refractivity contribution in [2.24, 2.45) is 7.05 Å². The first-order chi connectivity index (χ1) is 10.1. The van der Waals surface area contributed by atoms with Gasteiger partial charge in [0.1, 0.15) is 0 Å². The topological polar surface area (TPSA) is 58.9 Å². The fourth-order valence-corrected chi connectivity index (χ4v) is 2.14. The quantitative estimate of drug-likeness (QED) is 0.802. The van der Waals surface area contributed by atoms with Gasteiger partial charge in [-0.15, -0.1) is 0 Å². The molecule has 5 nitrogen and oxygen atoms in total. The Balaban J connectivity index is 1.96. The lowest BCUT2D eigenvalue weighted by atomic mass is 10.2. The predicted molar refractivity (Wildman–Crippen MR) is 84.3 cm³/mol. The number of hydrogen-bond acceptors (Lipinski definition) is 3. The summed E-state index contributed by atoms with van der Waals surface area (Å²) >= 11 is 0. The number of anilines is 1. The largest absolute Gasteiger partial charge is 0.322 e. The van der Waals surface area contributed by atoms with Gasteiger partial charge in [0.15, 0.2) is 0 Å². The van der Waals surface area contributed by atoms with Crippen molar-refractivity contribution in [2.45, 2.75) is 26.8 Å². The zero-order chi connectivity index (χ0) is 15.2. The van der Waals surface area contributed by atoms with E-state index < -0.39 is 0 Å². The molecule has 2 N–H and O–H groups in total. The number of nitrogens with zero attached hydrogens (tertiary/aromatic N) is 2. The first-order valence-corrected chi connectivity index (χ1v) is 7.21. The molecule has 0 bridgehead atoms. The highest BCUT2D eigenvalue weighted by molar-refractivity contribution is 6.04. The predicted octanol–water partition coefficient (Wildman–Crippen LogP) is 2.48. The van der Waals surface area contributed by atoms with Crippen molar-refractivity contribution < 1.29 is 4.79 Å². The average Bonchev–Trinajstić information content (AvgIpc) is 2.80. The van der Waals surface area contributed by atoms with E-state index in [1.54, 1.807) is 10.9 Å². The smallest absolute Gasteiger partial charge is 0.259 e. The summed E-state index contributed by atoms with van der Waals surface area (Å²) in [5.41, 5.74) is 3.34. The van der Waals surface area contributed by atoms with E-state index in [-0.39, 0.29) is 5.91 Å². The molecular weight excluding hydrogens is 264 g/mol. The van der Waals surface area contributed by atoms with Gasteiger partial charge in [-0.25, -0.2) is 0 Å². The Bertz CT molecular complexity index is 601. The molecule has 0 aliphatic heterocycles. The molecule has 0 fully saturated rings. The highest BCUT2D eigenvalue weighted by Gasteiger charge is 2.12. The molecule has 0 aliphatic carbocycles. The van der Waals surface area contributed by atoms with E-state index in [0.717, 1.165) is 30.9 Å². The monoisotopic (exact) mass is 286 g/mol. The third-order valence-corrected chi connectivity index (χ3v) is 3.23. The lowest BCUT2D eigenvalue weighted by Gasteiger charge is -2.07. The standard InChI is InChI=1S/C16H22N4O/c1-4-9-17-10-13-5-7-14(8-6-13)18-16(21)15-11-20(3)19-12(15)2/h5-8,11,17H,4,9-10H2,1-3H3,(H,18,21). The second-order valence-corrected chi connectivity index (χ2v) is 5.13. The molecule has 5 heteroatoms. The summed E-state index contributed by atoms with van der Waals surface area (Å²) in [6, 6.07) is 7.89. The Hall–Kier alpha value is -2.14. The summed E-state index contributed by atoms with van der Waals surface area (Å²) in [5.74, 6) is -0.127. The van der Waals surface area contributed by atoms with Gasteiger partial charge in [-0.05, 0) is 37.6 Å². The van der Waals surface area contributed by atoms with E-state index in [4.69, 9.17) is 0 Å². The molecule has 0 spiro atoms. The maximum atomic E-state index is 12.2. The number of aromatic nitrogens is 2. The summed E-state index contributed by atoms with van der Waals surface area (Å²) in [7, 11) is 1.81. The molecule has 1 amide bonds. The van der Waals surface area contributed by atoms with Crippen molar-refractivity contribution in [3.8, 4) is 0 Å². The Morgan fingerprint density at radius 2 is 2.00 bits per heavy atom. The van der Waals surface area contributed by atoms with Crippen LogP contribution in [0.1, 0.15) is 35.0 Å². The molecular formula is C16H22N4O. The molecule has 2 aromatic rings. The molecule has 0 radical (unpaired) electrons. The molecule has 112 valence electrons. The minimum atomic E-state index is -0.127. The Labute approximate surface area is 125 Å². The van der Waals surface area contributed by atoms with Crippen molar-refractivity contribution in [3.05, 3.63) is 47.3 Å². The average molecular weight is 286 g/mol. The van der Waals surface area contributed by atoms with Crippen LogP contribution in [0.3, 0.4) is 0 Å². The highest BCUT2D eigenvalue weighted by atomic mass is 16.1. The van der Waals surface area contributed by atoms with Crippen LogP contribution < -0.4 is 10.6 Å². The van der Waals surface area contributed by atoms with Crippen molar-refractivity contribution in [2.75, 3.05) is 11.9 Å². The SMILES string of the molecule is CCCNCc1ccc(NC(=O)c2cn(C)nc2C)cc1. The van der Waals surface area contributed by atoms with Crippen LogP contribution in [-0.2, 0) is 13.6 Å². The van der Waals surface area contributed by atoms with Gasteiger partial charge in [0.05, 0.1) is 11.3 Å². The summed E-state index contributed by atoms with van der Waals surface area (Å²) in [5, 5.41) is 10.4. The van der Waals surface area contributed by atoms with Gasteiger partial charge in [-0.2, -0.15) is 5.10 Å². The zero-order valence-corrected chi connectivity index (χ0v) is 12.8. The second-order valence-electron chi connectivity index (χ2n) is 5.13. The fourth-order valence-electron chi connectivity index (χ4n) is 2.14. The van der Waals surface area contributed by atoms with Crippen LogP contribution in [0.5, 0.6) is 0 Å². The van der Waals surface area contributed by atoms with Crippen molar-refractivity contribution in [1.29, 1.82) is 0 Å². The summed E-state index contributed by atoms with van der Waals surface area (Å²) in [6.07, 6.45) is 2.85. The first-order valence-electron chi connectivity index (χ1n) is 7.21. The maximum Gasteiger partial charge on any atom is 0.259 e. The third kappa shape index (κ3) is 4.16. The van der Waals surface area contributed by atoms with Gasteiger partial charge in [-0.3, -0.25) is 9.48 Å². The lowest BCUT2D eigenvalue weighted by Crippen LogP contribution is -2.14. The summed E-state index contributed by atoms with van der Waals surface area (Å²) in [6.45, 7) is 5.84. The Morgan fingerprint density at radius 3 is 2.57 bits per heavy atom. The van der Waals surface area contributed by atoms with E-state index in [2.05, 4.69) is 22.7 Å². The van der Waals surface area contributed by atoms with E-state index >= 15 is 0 Å². The number of amides is 1. The van der Waals surface area contributed by atoms with Crippen LogP contribution in [0.25, 0.3) is 0 Å². The van der Waals surface area contributed by atoms with Crippen molar-refractivity contribution in [1.82, 2.24) is 15.1 Å². The molecule has 0 atom stereocenters. The van der Waals surface area contributed by atoms with E-state index in [9.17, 15) is 4.79 Å². The van der Waals surface area contributed by atoms with Crippen molar-refractivity contribution >= 4 is 11.6 Å². The van der Waals surface area contributed by atoms with Crippen LogP contribution in [0.4, 0.5) is 5.69 Å². The molecule has 0 aliphatic rings. The van der Waals surface area contributed by atoms with Crippen LogP contribution >= 0.6 is 0 Å². The Morgan fingerprint density at radius 1 is 1.29 bits per heavy atom. The number of rotatable bonds is 6. The number of nitrogens with one attached hydrogen (secondary N) is 2. The second kappa shape index (κ2) is 7.04. The van der Waals surface area contributed by atoms with Gasteiger partial charge < -0.3 is 10.6 Å². The number of hydrogen-bond donors (Lipinski definition) is 2. The number of aryl methyl sites for hydroxylation is 2.